The average Bonchev–Trinajstić information content (AvgIpc) is 2.91. The number of hydrogen-bond donors (Lipinski definition) is 1. The molecule has 1 aromatic heterocycles. The fourth-order valence-corrected chi connectivity index (χ4v) is 4.85. The van der Waals surface area contributed by atoms with Crippen molar-refractivity contribution in [3.63, 3.8) is 0 Å². The normalized spacial score (nSPS) is 29.7. The second kappa shape index (κ2) is 14.4. The molecule has 39 heavy (non-hydrogen) atoms. The number of piperazine rings is 1. The highest BCUT2D eigenvalue weighted by molar-refractivity contribution is 5.70. The summed E-state index contributed by atoms with van der Waals surface area (Å²) >= 11 is 0. The van der Waals surface area contributed by atoms with Crippen LogP contribution >= 0.6 is 0 Å². The minimum absolute atomic E-state index is 0.143. The smallest absolute Gasteiger partial charge is 0.410 e. The highest BCUT2D eigenvalue weighted by Gasteiger charge is 2.35. The molecule has 3 rings (SSSR count). The lowest BCUT2D eigenvalue weighted by atomic mass is 9.89. The van der Waals surface area contributed by atoms with Crippen LogP contribution in [-0.2, 0) is 14.3 Å². The van der Waals surface area contributed by atoms with E-state index >= 15 is 0 Å². The zero-order valence-corrected chi connectivity index (χ0v) is 24.1. The summed E-state index contributed by atoms with van der Waals surface area (Å²) in [6, 6.07) is 5.86. The SMILES string of the molecule is C/C(=C\C=C\[C@H](C)c1ccccn1)[C@H]1OC(=O)CCCC[C@](C)(O)[C@@H](OC(=O)N2CCN(C)CC2)/C=C/[C@@H]1C. The third kappa shape index (κ3) is 9.32. The van der Waals surface area contributed by atoms with Crippen molar-refractivity contribution in [3.8, 4) is 0 Å². The first-order valence-corrected chi connectivity index (χ1v) is 14.1. The Balaban J connectivity index is 1.77. The van der Waals surface area contributed by atoms with E-state index in [9.17, 15) is 14.7 Å². The van der Waals surface area contributed by atoms with Crippen LogP contribution in [0.15, 0.2) is 60.3 Å². The highest BCUT2D eigenvalue weighted by Crippen LogP contribution is 2.27. The molecule has 214 valence electrons. The van der Waals surface area contributed by atoms with Crippen molar-refractivity contribution in [2.24, 2.45) is 5.92 Å². The van der Waals surface area contributed by atoms with E-state index in [4.69, 9.17) is 9.47 Å². The second-order valence-electron chi connectivity index (χ2n) is 11.2. The summed E-state index contributed by atoms with van der Waals surface area (Å²) < 4.78 is 11.8. The van der Waals surface area contributed by atoms with Crippen molar-refractivity contribution >= 4 is 12.1 Å². The largest absolute Gasteiger partial charge is 0.457 e. The molecular formula is C31H45N3O5. The number of allylic oxidation sites excluding steroid dienone is 3. The Morgan fingerprint density at radius 3 is 2.67 bits per heavy atom. The quantitative estimate of drug-likeness (QED) is 0.324. The number of rotatable bonds is 5. The van der Waals surface area contributed by atoms with Gasteiger partial charge in [-0.05, 0) is 63.9 Å². The van der Waals surface area contributed by atoms with E-state index in [2.05, 4.69) is 22.9 Å². The maximum absolute atomic E-state index is 13.0. The van der Waals surface area contributed by atoms with Gasteiger partial charge in [0.2, 0.25) is 0 Å². The van der Waals surface area contributed by atoms with Gasteiger partial charge >= 0.3 is 12.1 Å². The van der Waals surface area contributed by atoms with Crippen LogP contribution in [-0.4, -0.2) is 83.0 Å². The zero-order chi connectivity index (χ0) is 28.4. The molecular weight excluding hydrogens is 494 g/mol. The first kappa shape index (κ1) is 30.6. The molecule has 8 heteroatoms. The molecule has 0 unspecified atom stereocenters. The number of carbonyl (C=O) groups is 2. The lowest BCUT2D eigenvalue weighted by molar-refractivity contribution is -0.149. The Hall–Kier alpha value is -2.97. The molecule has 1 N–H and O–H groups in total. The summed E-state index contributed by atoms with van der Waals surface area (Å²) in [7, 11) is 2.03. The predicted octanol–water partition coefficient (Wildman–Crippen LogP) is 4.87. The molecule has 1 fully saturated rings. The second-order valence-corrected chi connectivity index (χ2v) is 11.2. The topological polar surface area (TPSA) is 92.2 Å². The number of amides is 1. The molecule has 0 aromatic carbocycles. The average molecular weight is 540 g/mol. The monoisotopic (exact) mass is 539 g/mol. The van der Waals surface area contributed by atoms with E-state index in [0.29, 0.717) is 32.4 Å². The molecule has 0 bridgehead atoms. The first-order chi connectivity index (χ1) is 18.6. The van der Waals surface area contributed by atoms with Crippen molar-refractivity contribution in [2.45, 2.75) is 77.1 Å². The molecule has 0 saturated carbocycles. The molecule has 0 spiro atoms. The van der Waals surface area contributed by atoms with Gasteiger partial charge in [-0.15, -0.1) is 0 Å². The van der Waals surface area contributed by atoms with Crippen molar-refractivity contribution in [1.82, 2.24) is 14.8 Å². The third-order valence-corrected chi connectivity index (χ3v) is 7.60. The van der Waals surface area contributed by atoms with Gasteiger partial charge in [-0.2, -0.15) is 0 Å². The van der Waals surface area contributed by atoms with Crippen LogP contribution in [0.4, 0.5) is 4.79 Å². The molecule has 2 aliphatic rings. The molecule has 1 amide bonds. The van der Waals surface area contributed by atoms with Gasteiger partial charge in [0.05, 0.1) is 0 Å². The van der Waals surface area contributed by atoms with Crippen LogP contribution < -0.4 is 0 Å². The lowest BCUT2D eigenvalue weighted by Crippen LogP contribution is -2.50. The fourth-order valence-electron chi connectivity index (χ4n) is 4.85. The fraction of sp³-hybridized carbons (Fsp3) is 0.581. The summed E-state index contributed by atoms with van der Waals surface area (Å²) in [5, 5.41) is 11.3. The van der Waals surface area contributed by atoms with E-state index < -0.39 is 23.9 Å². The van der Waals surface area contributed by atoms with E-state index in [-0.39, 0.29) is 24.2 Å². The molecule has 1 aromatic rings. The van der Waals surface area contributed by atoms with Crippen LogP contribution in [0, 0.1) is 5.92 Å². The van der Waals surface area contributed by atoms with Gasteiger partial charge in [-0.25, -0.2) is 4.79 Å². The number of cyclic esters (lactones) is 1. The maximum atomic E-state index is 13.0. The van der Waals surface area contributed by atoms with Crippen molar-refractivity contribution in [1.29, 1.82) is 0 Å². The van der Waals surface area contributed by atoms with E-state index in [1.807, 2.05) is 57.3 Å². The van der Waals surface area contributed by atoms with E-state index in [1.165, 1.54) is 0 Å². The highest BCUT2D eigenvalue weighted by atomic mass is 16.6. The Morgan fingerprint density at radius 2 is 1.97 bits per heavy atom. The number of ether oxygens (including phenoxy) is 2. The van der Waals surface area contributed by atoms with Crippen LogP contribution in [0.1, 0.15) is 65.0 Å². The number of esters is 1. The summed E-state index contributed by atoms with van der Waals surface area (Å²) in [6.45, 7) is 10.5. The van der Waals surface area contributed by atoms with E-state index in [1.54, 1.807) is 24.1 Å². The number of carbonyl (C=O) groups excluding carboxylic acids is 2. The summed E-state index contributed by atoms with van der Waals surface area (Å²) in [6.07, 6.45) is 11.6. The van der Waals surface area contributed by atoms with Crippen molar-refractivity contribution in [3.05, 3.63) is 66.0 Å². The first-order valence-electron chi connectivity index (χ1n) is 14.1. The Labute approximate surface area is 233 Å². The lowest BCUT2D eigenvalue weighted by Gasteiger charge is -2.36. The Kier molecular flexibility index (Phi) is 11.3. The van der Waals surface area contributed by atoms with Crippen molar-refractivity contribution in [2.75, 3.05) is 33.2 Å². The molecule has 8 nitrogen and oxygen atoms in total. The number of hydrogen-bond acceptors (Lipinski definition) is 7. The van der Waals surface area contributed by atoms with Gasteiger partial charge < -0.3 is 24.4 Å². The molecule has 1 saturated heterocycles. The van der Waals surface area contributed by atoms with Gasteiger partial charge in [0, 0.05) is 56.3 Å². The molecule has 5 atom stereocenters. The number of likely N-dealkylation sites (N-methyl/N-ethyl adjacent to an activating group) is 1. The van der Waals surface area contributed by atoms with Crippen LogP contribution in [0.3, 0.4) is 0 Å². The van der Waals surface area contributed by atoms with Crippen molar-refractivity contribution < 1.29 is 24.2 Å². The predicted molar refractivity (Wildman–Crippen MR) is 152 cm³/mol. The molecule has 2 aliphatic heterocycles. The Morgan fingerprint density at radius 1 is 1.23 bits per heavy atom. The van der Waals surface area contributed by atoms with E-state index in [0.717, 1.165) is 24.4 Å². The molecule has 0 aliphatic carbocycles. The standard InChI is InChI=1S/C31H45N3O5/c1-23(26-13-7-9-18-32-26)11-10-12-24(2)29-25(3)15-16-27(31(4,37)17-8-6-14-28(35)39-29)38-30(36)34-21-19-33(5)20-22-34/h7,9-13,15-16,18,23,25,27,29,37H,6,8,14,17,19-22H2,1-5H3/b11-10+,16-15+,24-12+/t23-,25-,27-,29+,31-/m0/s1. The minimum atomic E-state index is -1.26. The summed E-state index contributed by atoms with van der Waals surface area (Å²) in [5.74, 6) is -0.312. The number of aliphatic hydroxyl groups is 1. The maximum Gasteiger partial charge on any atom is 0.410 e. The molecule has 3 heterocycles. The van der Waals surface area contributed by atoms with Gasteiger partial charge in [0.1, 0.15) is 11.7 Å². The zero-order valence-electron chi connectivity index (χ0n) is 24.1. The van der Waals surface area contributed by atoms with Gasteiger partial charge in [-0.1, -0.05) is 44.2 Å². The summed E-state index contributed by atoms with van der Waals surface area (Å²) in [4.78, 5) is 33.9. The number of nitrogens with zero attached hydrogens (tertiary/aromatic N) is 3. The Bertz CT molecular complexity index is 1030. The minimum Gasteiger partial charge on any atom is -0.457 e. The van der Waals surface area contributed by atoms with Gasteiger partial charge in [-0.3, -0.25) is 9.78 Å². The van der Waals surface area contributed by atoms with Crippen LogP contribution in [0.25, 0.3) is 0 Å². The number of pyridine rings is 1. The number of aromatic nitrogens is 1. The third-order valence-electron chi connectivity index (χ3n) is 7.60. The van der Waals surface area contributed by atoms with Gasteiger partial charge in [0.15, 0.2) is 6.10 Å². The van der Waals surface area contributed by atoms with Crippen LogP contribution in [0.2, 0.25) is 0 Å². The van der Waals surface area contributed by atoms with Crippen LogP contribution in [0.5, 0.6) is 0 Å². The summed E-state index contributed by atoms with van der Waals surface area (Å²) in [5.41, 5.74) is 0.629. The molecule has 0 radical (unpaired) electrons. The van der Waals surface area contributed by atoms with Gasteiger partial charge in [0.25, 0.3) is 0 Å².